The van der Waals surface area contributed by atoms with Gasteiger partial charge in [-0.15, -0.1) is 0 Å². The molecular weight excluding hydrogens is 444 g/mol. The molecule has 0 saturated carbocycles. The van der Waals surface area contributed by atoms with E-state index in [1.165, 1.54) is 13.2 Å². The number of ether oxygens (including phenoxy) is 3. The molecule has 0 aliphatic carbocycles. The first-order valence-electron chi connectivity index (χ1n) is 11.4. The smallest absolute Gasteiger partial charge is 0.229 e. The Morgan fingerprint density at radius 3 is 2.44 bits per heavy atom. The third kappa shape index (κ3) is 5.29. The summed E-state index contributed by atoms with van der Waals surface area (Å²) in [6.07, 6.45) is -5.53. The lowest BCUT2D eigenvalue weighted by atomic mass is 9.93. The molecule has 0 unspecified atom stereocenters. The maximum absolute atomic E-state index is 13.0. The van der Waals surface area contributed by atoms with E-state index in [0.29, 0.717) is 29.0 Å². The summed E-state index contributed by atoms with van der Waals surface area (Å²) in [5.74, 6) is 0.457. The number of carbonyl (C=O) groups is 1. The van der Waals surface area contributed by atoms with E-state index in [-0.39, 0.29) is 34.7 Å². The number of benzene rings is 2. The summed E-state index contributed by atoms with van der Waals surface area (Å²) < 4.78 is 16.6. The highest BCUT2D eigenvalue weighted by atomic mass is 16.7. The number of Topliss-reactive ketones (excluding diaryl/α,β-unsaturated/α-hetero) is 1. The number of carbonyl (C=O) groups excluding carboxylic acids is 1. The number of methoxy groups -OCH3 is 1. The number of aromatic hydroxyl groups is 1. The van der Waals surface area contributed by atoms with E-state index in [1.54, 1.807) is 19.1 Å². The van der Waals surface area contributed by atoms with Crippen molar-refractivity contribution < 1.29 is 44.5 Å². The summed E-state index contributed by atoms with van der Waals surface area (Å²) in [4.78, 5) is 13.0. The van der Waals surface area contributed by atoms with E-state index in [0.717, 1.165) is 6.42 Å². The molecule has 0 spiro atoms. The fourth-order valence-corrected chi connectivity index (χ4v) is 4.24. The van der Waals surface area contributed by atoms with Gasteiger partial charge in [-0.1, -0.05) is 26.3 Å². The van der Waals surface area contributed by atoms with Crippen LogP contribution in [0.15, 0.2) is 18.2 Å². The highest BCUT2D eigenvalue weighted by Gasteiger charge is 2.45. The molecule has 0 amide bonds. The second kappa shape index (κ2) is 10.9. The number of aliphatic hydroxyl groups excluding tert-OH is 4. The van der Waals surface area contributed by atoms with Gasteiger partial charge in [0.1, 0.15) is 41.7 Å². The molecule has 9 nitrogen and oxygen atoms in total. The predicted octanol–water partition coefficient (Wildman–Crippen LogP) is 2.05. The summed E-state index contributed by atoms with van der Waals surface area (Å²) in [7, 11) is 1.46. The number of phenols is 1. The van der Waals surface area contributed by atoms with E-state index in [9.17, 15) is 30.3 Å². The molecule has 0 radical (unpaired) electrons. The zero-order chi connectivity index (χ0) is 25.2. The maximum atomic E-state index is 13.0. The molecule has 1 fully saturated rings. The van der Waals surface area contributed by atoms with Gasteiger partial charge in [-0.3, -0.25) is 4.79 Å². The Labute approximate surface area is 198 Å². The van der Waals surface area contributed by atoms with Crippen molar-refractivity contribution in [1.29, 1.82) is 0 Å². The van der Waals surface area contributed by atoms with E-state index in [2.05, 4.69) is 13.8 Å². The average molecular weight is 479 g/mol. The van der Waals surface area contributed by atoms with Crippen LogP contribution in [0.1, 0.15) is 49.0 Å². The van der Waals surface area contributed by atoms with Gasteiger partial charge in [-0.2, -0.15) is 0 Å². The Kier molecular flexibility index (Phi) is 8.38. The van der Waals surface area contributed by atoms with Crippen LogP contribution in [0.2, 0.25) is 0 Å². The van der Waals surface area contributed by atoms with Crippen LogP contribution in [0.3, 0.4) is 0 Å². The Morgan fingerprint density at radius 1 is 1.12 bits per heavy atom. The SMILES string of the molecule is COc1cc(O[C@@H]2O[C@H](CO)[C@@H](O)[C@H](O)[C@H]2O)c2c(O)c(C(=O)CCCC(C)C)c(C)cc2c1. The summed E-state index contributed by atoms with van der Waals surface area (Å²) in [6, 6.07) is 4.88. The van der Waals surface area contributed by atoms with Crippen LogP contribution in [0.4, 0.5) is 0 Å². The Balaban J connectivity index is 2.04. The number of aliphatic hydroxyl groups is 4. The number of fused-ring (bicyclic) bond motifs is 1. The van der Waals surface area contributed by atoms with Crippen molar-refractivity contribution in [3.05, 3.63) is 29.3 Å². The molecule has 1 aliphatic rings. The van der Waals surface area contributed by atoms with Gasteiger partial charge in [0.05, 0.1) is 24.7 Å². The lowest BCUT2D eigenvalue weighted by Gasteiger charge is -2.39. The Hall–Kier alpha value is -2.43. The van der Waals surface area contributed by atoms with Gasteiger partial charge in [0.25, 0.3) is 0 Å². The van der Waals surface area contributed by atoms with Crippen molar-refractivity contribution in [3.63, 3.8) is 0 Å². The lowest BCUT2D eigenvalue weighted by Crippen LogP contribution is -2.60. The number of rotatable bonds is 9. The van der Waals surface area contributed by atoms with Gasteiger partial charge in [0.15, 0.2) is 5.78 Å². The zero-order valence-corrected chi connectivity index (χ0v) is 19.9. The van der Waals surface area contributed by atoms with Crippen LogP contribution >= 0.6 is 0 Å². The van der Waals surface area contributed by atoms with Gasteiger partial charge in [-0.25, -0.2) is 0 Å². The largest absolute Gasteiger partial charge is 0.506 e. The van der Waals surface area contributed by atoms with Crippen LogP contribution in [-0.2, 0) is 4.74 Å². The van der Waals surface area contributed by atoms with E-state index >= 15 is 0 Å². The number of phenolic OH excluding ortho intramolecular Hbond substituents is 1. The minimum absolute atomic E-state index is 0.0485. The van der Waals surface area contributed by atoms with Crippen molar-refractivity contribution in [2.24, 2.45) is 5.92 Å². The monoisotopic (exact) mass is 478 g/mol. The molecule has 9 heteroatoms. The molecular formula is C25H34O9. The quantitative estimate of drug-likeness (QED) is 0.342. The molecule has 0 aromatic heterocycles. The fourth-order valence-electron chi connectivity index (χ4n) is 4.24. The van der Waals surface area contributed by atoms with Crippen molar-refractivity contribution in [3.8, 4) is 17.2 Å². The first-order valence-corrected chi connectivity index (χ1v) is 11.4. The average Bonchev–Trinajstić information content (AvgIpc) is 2.78. The normalized spacial score (nSPS) is 25.0. The van der Waals surface area contributed by atoms with Crippen molar-refractivity contribution >= 4 is 16.6 Å². The van der Waals surface area contributed by atoms with E-state index in [4.69, 9.17) is 14.2 Å². The molecule has 3 rings (SSSR count). The van der Waals surface area contributed by atoms with Crippen LogP contribution in [0.25, 0.3) is 10.8 Å². The molecule has 1 aliphatic heterocycles. The zero-order valence-electron chi connectivity index (χ0n) is 19.9. The molecule has 5 atom stereocenters. The summed E-state index contributed by atoms with van der Waals surface area (Å²) in [5, 5.41) is 51.9. The number of hydrogen-bond acceptors (Lipinski definition) is 9. The fraction of sp³-hybridized carbons (Fsp3) is 0.560. The number of aryl methyl sites for hydroxylation is 1. The maximum Gasteiger partial charge on any atom is 0.229 e. The second-order valence-corrected chi connectivity index (χ2v) is 9.17. The summed E-state index contributed by atoms with van der Waals surface area (Å²) in [5.41, 5.74) is 0.798. The second-order valence-electron chi connectivity index (χ2n) is 9.17. The van der Waals surface area contributed by atoms with Gasteiger partial charge < -0.3 is 39.7 Å². The summed E-state index contributed by atoms with van der Waals surface area (Å²) >= 11 is 0. The van der Waals surface area contributed by atoms with Crippen LogP contribution in [0, 0.1) is 12.8 Å². The molecule has 2 aromatic carbocycles. The predicted molar refractivity (Wildman–Crippen MR) is 124 cm³/mol. The first kappa shape index (κ1) is 26.2. The molecule has 0 bridgehead atoms. The first-order chi connectivity index (χ1) is 16.1. The van der Waals surface area contributed by atoms with E-state index < -0.39 is 37.3 Å². The molecule has 1 saturated heterocycles. The topological polar surface area (TPSA) is 146 Å². The van der Waals surface area contributed by atoms with Crippen molar-refractivity contribution in [2.45, 2.75) is 70.7 Å². The third-order valence-corrected chi connectivity index (χ3v) is 6.14. The molecule has 5 N–H and O–H groups in total. The van der Waals surface area contributed by atoms with Crippen LogP contribution in [-0.4, -0.2) is 75.7 Å². The van der Waals surface area contributed by atoms with Crippen molar-refractivity contribution in [1.82, 2.24) is 0 Å². The molecule has 1 heterocycles. The highest BCUT2D eigenvalue weighted by molar-refractivity contribution is 6.08. The molecule has 188 valence electrons. The Morgan fingerprint density at radius 2 is 1.82 bits per heavy atom. The van der Waals surface area contributed by atoms with Gasteiger partial charge in [0.2, 0.25) is 6.29 Å². The van der Waals surface area contributed by atoms with Crippen molar-refractivity contribution in [2.75, 3.05) is 13.7 Å². The highest BCUT2D eigenvalue weighted by Crippen LogP contribution is 2.42. The van der Waals surface area contributed by atoms with Gasteiger partial charge in [-0.05, 0) is 36.3 Å². The number of ketones is 1. The lowest BCUT2D eigenvalue weighted by molar-refractivity contribution is -0.277. The molecule has 34 heavy (non-hydrogen) atoms. The summed E-state index contributed by atoms with van der Waals surface area (Å²) in [6.45, 7) is 5.30. The minimum Gasteiger partial charge on any atom is -0.506 e. The van der Waals surface area contributed by atoms with E-state index in [1.807, 2.05) is 0 Å². The van der Waals surface area contributed by atoms with Gasteiger partial charge >= 0.3 is 0 Å². The standard InChI is InChI=1S/C25H34O9/c1-12(2)6-5-7-16(27)19-13(3)8-14-9-15(32-4)10-17(20(14)22(19)29)33-25-24(31)23(30)21(28)18(11-26)34-25/h8-10,12,18,21,23-26,28-31H,5-7,11H2,1-4H3/t18-,21-,23+,24-,25-/m1/s1. The van der Waals surface area contributed by atoms with Crippen LogP contribution in [0.5, 0.6) is 17.2 Å². The molecule has 2 aromatic rings. The van der Waals surface area contributed by atoms with Gasteiger partial charge in [0, 0.05) is 12.5 Å². The Bertz CT molecular complexity index is 1020. The number of hydrogen-bond donors (Lipinski definition) is 5. The third-order valence-electron chi connectivity index (χ3n) is 6.14. The van der Waals surface area contributed by atoms with Crippen LogP contribution < -0.4 is 9.47 Å². The minimum atomic E-state index is -1.64.